The van der Waals surface area contributed by atoms with Gasteiger partial charge in [-0.1, -0.05) is 6.07 Å². The summed E-state index contributed by atoms with van der Waals surface area (Å²) in [6.07, 6.45) is 0.496. The van der Waals surface area contributed by atoms with Crippen LogP contribution in [0, 0.1) is 0 Å². The van der Waals surface area contributed by atoms with Crippen LogP contribution in [0.2, 0.25) is 0 Å². The highest BCUT2D eigenvalue weighted by Gasteiger charge is 2.38. The van der Waals surface area contributed by atoms with E-state index in [9.17, 15) is 18.0 Å². The van der Waals surface area contributed by atoms with E-state index in [1.807, 2.05) is 20.8 Å². The Morgan fingerprint density at radius 2 is 1.92 bits per heavy atom. The van der Waals surface area contributed by atoms with E-state index < -0.39 is 15.4 Å². The number of nitrogens with zero attached hydrogens (tertiary/aromatic N) is 1. The second-order valence-corrected chi connectivity index (χ2v) is 9.05. The standard InChI is InChI=1S/C18H27N3O4S/c1-4-21(5-2)17(23)14-7-6-8-15(11-14)20-16(22)12-19-18(3)9-10-26(24,25)13-18/h6-8,11,19H,4-5,9-10,12-13H2,1-3H3,(H,20,22). The van der Waals surface area contributed by atoms with E-state index in [-0.39, 0.29) is 29.9 Å². The number of hydrogen-bond donors (Lipinski definition) is 2. The van der Waals surface area contributed by atoms with E-state index in [2.05, 4.69) is 10.6 Å². The number of nitrogens with one attached hydrogen (secondary N) is 2. The summed E-state index contributed by atoms with van der Waals surface area (Å²) >= 11 is 0. The molecule has 1 aliphatic heterocycles. The predicted octanol–water partition coefficient (Wildman–Crippen LogP) is 1.27. The van der Waals surface area contributed by atoms with Crippen molar-refractivity contribution >= 4 is 27.3 Å². The molecule has 26 heavy (non-hydrogen) atoms. The van der Waals surface area contributed by atoms with Crippen molar-refractivity contribution < 1.29 is 18.0 Å². The van der Waals surface area contributed by atoms with Gasteiger partial charge in [-0.05, 0) is 45.4 Å². The fraction of sp³-hybridized carbons (Fsp3) is 0.556. The molecule has 0 aromatic heterocycles. The van der Waals surface area contributed by atoms with Crippen LogP contribution in [0.25, 0.3) is 0 Å². The third kappa shape index (κ3) is 5.28. The Bertz CT molecular complexity index is 774. The molecule has 144 valence electrons. The topological polar surface area (TPSA) is 95.6 Å². The molecule has 0 spiro atoms. The van der Waals surface area contributed by atoms with Crippen molar-refractivity contribution in [3.63, 3.8) is 0 Å². The van der Waals surface area contributed by atoms with Gasteiger partial charge in [0.1, 0.15) is 0 Å². The lowest BCUT2D eigenvalue weighted by Gasteiger charge is -2.23. The fourth-order valence-corrected chi connectivity index (χ4v) is 5.20. The van der Waals surface area contributed by atoms with Crippen LogP contribution >= 0.6 is 0 Å². The average molecular weight is 381 g/mol. The number of carbonyl (C=O) groups excluding carboxylic acids is 2. The van der Waals surface area contributed by atoms with Gasteiger partial charge in [0, 0.05) is 29.9 Å². The molecule has 1 heterocycles. The van der Waals surface area contributed by atoms with E-state index >= 15 is 0 Å². The number of benzene rings is 1. The van der Waals surface area contributed by atoms with Crippen LogP contribution in [-0.2, 0) is 14.6 Å². The van der Waals surface area contributed by atoms with Gasteiger partial charge in [0.2, 0.25) is 5.91 Å². The minimum atomic E-state index is -3.03. The van der Waals surface area contributed by atoms with Gasteiger partial charge >= 0.3 is 0 Å². The van der Waals surface area contributed by atoms with Crippen LogP contribution in [0.5, 0.6) is 0 Å². The largest absolute Gasteiger partial charge is 0.339 e. The summed E-state index contributed by atoms with van der Waals surface area (Å²) in [7, 11) is -3.03. The summed E-state index contributed by atoms with van der Waals surface area (Å²) in [5, 5.41) is 5.79. The van der Waals surface area contributed by atoms with Crippen molar-refractivity contribution in [1.29, 1.82) is 0 Å². The first-order valence-corrected chi connectivity index (χ1v) is 10.6. The zero-order chi connectivity index (χ0) is 19.4. The van der Waals surface area contributed by atoms with Gasteiger partial charge in [-0.3, -0.25) is 9.59 Å². The molecule has 2 N–H and O–H groups in total. The fourth-order valence-electron chi connectivity index (χ4n) is 3.07. The number of sulfone groups is 1. The smallest absolute Gasteiger partial charge is 0.253 e. The molecule has 2 amide bonds. The van der Waals surface area contributed by atoms with E-state index in [4.69, 9.17) is 0 Å². The molecule has 1 atom stereocenters. The van der Waals surface area contributed by atoms with Gasteiger partial charge in [0.25, 0.3) is 5.91 Å². The third-order valence-corrected chi connectivity index (χ3v) is 6.53. The van der Waals surface area contributed by atoms with Gasteiger partial charge in [0.15, 0.2) is 9.84 Å². The summed E-state index contributed by atoms with van der Waals surface area (Å²) in [4.78, 5) is 26.3. The molecule has 1 saturated heterocycles. The highest BCUT2D eigenvalue weighted by Crippen LogP contribution is 2.22. The van der Waals surface area contributed by atoms with Crippen LogP contribution in [0.15, 0.2) is 24.3 Å². The molecule has 8 heteroatoms. The summed E-state index contributed by atoms with van der Waals surface area (Å²) in [5.41, 5.74) is 0.490. The van der Waals surface area contributed by atoms with Gasteiger partial charge in [-0.25, -0.2) is 8.42 Å². The molecule has 1 fully saturated rings. The van der Waals surface area contributed by atoms with Crippen LogP contribution in [0.4, 0.5) is 5.69 Å². The Labute approximate surface area is 155 Å². The maximum absolute atomic E-state index is 12.4. The highest BCUT2D eigenvalue weighted by molar-refractivity contribution is 7.91. The Hall–Kier alpha value is -1.93. The number of amides is 2. The second-order valence-electron chi connectivity index (χ2n) is 6.86. The zero-order valence-electron chi connectivity index (χ0n) is 15.5. The normalized spacial score (nSPS) is 21.3. The first-order valence-electron chi connectivity index (χ1n) is 8.82. The van der Waals surface area contributed by atoms with E-state index in [0.717, 1.165) is 0 Å². The monoisotopic (exact) mass is 381 g/mol. The molecular formula is C18H27N3O4S. The van der Waals surface area contributed by atoms with Crippen molar-refractivity contribution in [2.24, 2.45) is 0 Å². The quantitative estimate of drug-likeness (QED) is 0.742. The SMILES string of the molecule is CCN(CC)C(=O)c1cccc(NC(=O)CNC2(C)CCS(=O)(=O)C2)c1. The summed E-state index contributed by atoms with van der Waals surface area (Å²) in [5.74, 6) is -0.162. The first kappa shape index (κ1) is 20.4. The lowest BCUT2D eigenvalue weighted by atomic mass is 10.0. The van der Waals surface area contributed by atoms with Crippen LogP contribution in [0.1, 0.15) is 37.6 Å². The van der Waals surface area contributed by atoms with Crippen molar-refractivity contribution in [3.05, 3.63) is 29.8 Å². The van der Waals surface area contributed by atoms with Crippen molar-refractivity contribution in [2.45, 2.75) is 32.7 Å². The molecule has 0 aliphatic carbocycles. The number of hydrogen-bond acceptors (Lipinski definition) is 5. The molecule has 2 rings (SSSR count). The minimum Gasteiger partial charge on any atom is -0.339 e. The predicted molar refractivity (Wildman–Crippen MR) is 102 cm³/mol. The Morgan fingerprint density at radius 3 is 2.50 bits per heavy atom. The van der Waals surface area contributed by atoms with Gasteiger partial charge < -0.3 is 15.5 Å². The number of anilines is 1. The van der Waals surface area contributed by atoms with Crippen LogP contribution in [-0.4, -0.2) is 61.8 Å². The first-order chi connectivity index (χ1) is 12.2. The maximum atomic E-state index is 12.4. The van der Waals surface area contributed by atoms with Crippen molar-refractivity contribution in [2.75, 3.05) is 36.5 Å². The van der Waals surface area contributed by atoms with Gasteiger partial charge in [0.05, 0.1) is 18.1 Å². The molecule has 1 unspecified atom stereocenters. The van der Waals surface area contributed by atoms with E-state index in [1.54, 1.807) is 29.2 Å². The zero-order valence-corrected chi connectivity index (χ0v) is 16.4. The molecule has 1 aliphatic rings. The summed E-state index contributed by atoms with van der Waals surface area (Å²) in [6, 6.07) is 6.82. The van der Waals surface area contributed by atoms with E-state index in [0.29, 0.717) is 30.8 Å². The third-order valence-electron chi connectivity index (χ3n) is 4.62. The van der Waals surface area contributed by atoms with Crippen LogP contribution in [0.3, 0.4) is 0 Å². The van der Waals surface area contributed by atoms with E-state index in [1.165, 1.54) is 0 Å². The van der Waals surface area contributed by atoms with Crippen molar-refractivity contribution in [3.8, 4) is 0 Å². The lowest BCUT2D eigenvalue weighted by Crippen LogP contribution is -2.46. The van der Waals surface area contributed by atoms with Gasteiger partial charge in [-0.2, -0.15) is 0 Å². The molecule has 0 saturated carbocycles. The Kier molecular flexibility index (Phi) is 6.41. The summed E-state index contributed by atoms with van der Waals surface area (Å²) < 4.78 is 23.2. The van der Waals surface area contributed by atoms with Crippen LogP contribution < -0.4 is 10.6 Å². The lowest BCUT2D eigenvalue weighted by molar-refractivity contribution is -0.115. The number of carbonyl (C=O) groups is 2. The second kappa shape index (κ2) is 8.18. The molecule has 0 radical (unpaired) electrons. The molecule has 1 aromatic rings. The Morgan fingerprint density at radius 1 is 1.23 bits per heavy atom. The van der Waals surface area contributed by atoms with Gasteiger partial charge in [-0.15, -0.1) is 0 Å². The highest BCUT2D eigenvalue weighted by atomic mass is 32.2. The molecule has 0 bridgehead atoms. The maximum Gasteiger partial charge on any atom is 0.253 e. The Balaban J connectivity index is 1.95. The van der Waals surface area contributed by atoms with Crippen molar-refractivity contribution in [1.82, 2.24) is 10.2 Å². The number of rotatable bonds is 7. The summed E-state index contributed by atoms with van der Waals surface area (Å²) in [6.45, 7) is 6.91. The molecular weight excluding hydrogens is 354 g/mol. The molecule has 7 nitrogen and oxygen atoms in total. The minimum absolute atomic E-state index is 0.0141. The average Bonchev–Trinajstić information content (AvgIpc) is 2.88. The molecule has 1 aromatic carbocycles.